The molecule has 1 aromatic carbocycles. The van der Waals surface area contributed by atoms with Gasteiger partial charge in [0.25, 0.3) is 5.91 Å². The Bertz CT molecular complexity index is 671. The predicted molar refractivity (Wildman–Crippen MR) is 94.5 cm³/mol. The molecule has 4 rings (SSSR count). The lowest BCUT2D eigenvalue weighted by Crippen LogP contribution is -2.50. The lowest BCUT2D eigenvalue weighted by molar-refractivity contribution is -0.125. The van der Waals surface area contributed by atoms with Gasteiger partial charge >= 0.3 is 0 Å². The number of hydrogen-bond donors (Lipinski definition) is 1. The minimum atomic E-state index is -0.342. The van der Waals surface area contributed by atoms with Crippen molar-refractivity contribution in [1.29, 1.82) is 0 Å². The number of nitrogens with one attached hydrogen (secondary N) is 1. The van der Waals surface area contributed by atoms with Crippen LogP contribution in [-0.2, 0) is 4.79 Å². The monoisotopic (exact) mass is 342 g/mol. The van der Waals surface area contributed by atoms with E-state index in [0.717, 1.165) is 38.5 Å². The van der Waals surface area contributed by atoms with Crippen LogP contribution in [0.3, 0.4) is 0 Å². The number of nitrogens with zero attached hydrogens (tertiary/aromatic N) is 1. The van der Waals surface area contributed by atoms with Crippen molar-refractivity contribution < 1.29 is 14.3 Å². The fourth-order valence-electron chi connectivity index (χ4n) is 4.47. The molecule has 3 fully saturated rings. The molecule has 1 aliphatic heterocycles. The van der Waals surface area contributed by atoms with Gasteiger partial charge in [-0.05, 0) is 50.2 Å². The van der Waals surface area contributed by atoms with Crippen LogP contribution in [0.15, 0.2) is 24.3 Å². The Morgan fingerprint density at radius 2 is 1.88 bits per heavy atom. The Morgan fingerprint density at radius 3 is 2.64 bits per heavy atom. The lowest BCUT2D eigenvalue weighted by Gasteiger charge is -2.34. The fraction of sp³-hybridized carbons (Fsp3) is 0.600. The number of likely N-dealkylation sites (tertiary alicyclic amines) is 1. The van der Waals surface area contributed by atoms with Gasteiger partial charge in [-0.3, -0.25) is 9.59 Å². The van der Waals surface area contributed by atoms with Crippen LogP contribution in [0.25, 0.3) is 0 Å². The van der Waals surface area contributed by atoms with E-state index in [1.807, 2.05) is 17.0 Å². The molecule has 2 amide bonds. The van der Waals surface area contributed by atoms with Gasteiger partial charge < -0.3 is 15.0 Å². The number of carbonyl (C=O) groups excluding carboxylic acids is 2. The molecule has 2 aliphatic carbocycles. The Balaban J connectivity index is 1.64. The van der Waals surface area contributed by atoms with Crippen LogP contribution in [0.5, 0.6) is 5.75 Å². The summed E-state index contributed by atoms with van der Waals surface area (Å²) >= 11 is 0. The van der Waals surface area contributed by atoms with Crippen molar-refractivity contribution in [2.24, 2.45) is 5.92 Å². The summed E-state index contributed by atoms with van der Waals surface area (Å²) in [5, 5.41) is 3.11. The standard InChI is InChI=1S/C20H26N2O3/c1-25-18-9-5-3-7-15(18)20(24)22-16-8-4-2-6-13(16)12-17(22)19(23)21-14-10-11-14/h3,5,7,9,13-14,16-17H,2,4,6,8,10-12H2,1H3,(H,21,23)/t13-,16+,17-/m0/s1. The van der Waals surface area contributed by atoms with E-state index in [-0.39, 0.29) is 23.9 Å². The molecule has 1 saturated heterocycles. The zero-order chi connectivity index (χ0) is 17.4. The van der Waals surface area contributed by atoms with E-state index < -0.39 is 0 Å². The van der Waals surface area contributed by atoms with E-state index in [4.69, 9.17) is 4.74 Å². The summed E-state index contributed by atoms with van der Waals surface area (Å²) in [6, 6.07) is 7.48. The minimum absolute atomic E-state index is 0.0279. The van der Waals surface area contributed by atoms with Crippen molar-refractivity contribution in [3.63, 3.8) is 0 Å². The molecule has 134 valence electrons. The van der Waals surface area contributed by atoms with E-state index in [0.29, 0.717) is 23.3 Å². The van der Waals surface area contributed by atoms with Gasteiger partial charge in [-0.1, -0.05) is 25.0 Å². The second kappa shape index (κ2) is 6.70. The molecule has 3 atom stereocenters. The van der Waals surface area contributed by atoms with Crippen LogP contribution < -0.4 is 10.1 Å². The molecule has 0 spiro atoms. The zero-order valence-corrected chi connectivity index (χ0v) is 14.7. The Labute approximate surface area is 148 Å². The summed E-state index contributed by atoms with van der Waals surface area (Å²) in [5.41, 5.74) is 0.556. The molecule has 25 heavy (non-hydrogen) atoms. The van der Waals surface area contributed by atoms with Crippen LogP contribution in [0.4, 0.5) is 0 Å². The molecular weight excluding hydrogens is 316 g/mol. The number of ether oxygens (including phenoxy) is 1. The van der Waals surface area contributed by atoms with Gasteiger partial charge in [0.1, 0.15) is 11.8 Å². The molecule has 0 bridgehead atoms. The summed E-state index contributed by atoms with van der Waals surface area (Å²) in [7, 11) is 1.58. The topological polar surface area (TPSA) is 58.6 Å². The van der Waals surface area contributed by atoms with Crippen molar-refractivity contribution >= 4 is 11.8 Å². The largest absolute Gasteiger partial charge is 0.496 e. The molecule has 5 heteroatoms. The number of benzene rings is 1. The second-order valence-corrected chi connectivity index (χ2v) is 7.56. The first-order valence-electron chi connectivity index (χ1n) is 9.45. The minimum Gasteiger partial charge on any atom is -0.496 e. The van der Waals surface area contributed by atoms with Crippen LogP contribution in [0, 0.1) is 5.92 Å². The van der Waals surface area contributed by atoms with Crippen LogP contribution in [0.1, 0.15) is 55.3 Å². The van der Waals surface area contributed by atoms with E-state index >= 15 is 0 Å². The molecule has 0 radical (unpaired) electrons. The molecular formula is C20H26N2O3. The zero-order valence-electron chi connectivity index (χ0n) is 14.7. The maximum absolute atomic E-state index is 13.4. The number of carbonyl (C=O) groups is 2. The van der Waals surface area contributed by atoms with Gasteiger partial charge in [0, 0.05) is 12.1 Å². The summed E-state index contributed by atoms with van der Waals surface area (Å²) in [6.07, 6.45) is 7.37. The van der Waals surface area contributed by atoms with Gasteiger partial charge in [-0.25, -0.2) is 0 Å². The van der Waals surface area contributed by atoms with Crippen LogP contribution in [0.2, 0.25) is 0 Å². The second-order valence-electron chi connectivity index (χ2n) is 7.56. The Kier molecular flexibility index (Phi) is 4.40. The molecule has 1 aromatic rings. The third-order valence-corrected chi connectivity index (χ3v) is 5.89. The van der Waals surface area contributed by atoms with E-state index in [2.05, 4.69) is 5.32 Å². The SMILES string of the molecule is COc1ccccc1C(=O)N1[C@@H]2CCCC[C@H]2C[C@H]1C(=O)NC1CC1. The van der Waals surface area contributed by atoms with Gasteiger partial charge in [0.05, 0.1) is 12.7 Å². The van der Waals surface area contributed by atoms with E-state index in [9.17, 15) is 9.59 Å². The molecule has 5 nitrogen and oxygen atoms in total. The third-order valence-electron chi connectivity index (χ3n) is 5.89. The summed E-state index contributed by atoms with van der Waals surface area (Å²) in [4.78, 5) is 28.0. The maximum Gasteiger partial charge on any atom is 0.258 e. The third kappa shape index (κ3) is 3.12. The van der Waals surface area contributed by atoms with Crippen LogP contribution >= 0.6 is 0 Å². The van der Waals surface area contributed by atoms with Crippen LogP contribution in [-0.4, -0.2) is 41.9 Å². The number of fused-ring (bicyclic) bond motifs is 1. The number of hydrogen-bond acceptors (Lipinski definition) is 3. The van der Waals surface area contributed by atoms with Gasteiger partial charge in [-0.15, -0.1) is 0 Å². The predicted octanol–water partition coefficient (Wildman–Crippen LogP) is 2.75. The Hall–Kier alpha value is -2.04. The molecule has 3 aliphatic rings. The fourth-order valence-corrected chi connectivity index (χ4v) is 4.47. The van der Waals surface area contributed by atoms with Crippen molar-refractivity contribution in [3.8, 4) is 5.75 Å². The summed E-state index contributed by atoms with van der Waals surface area (Å²) < 4.78 is 5.38. The first-order chi connectivity index (χ1) is 12.2. The van der Waals surface area contributed by atoms with Crippen molar-refractivity contribution in [2.45, 2.75) is 63.1 Å². The molecule has 0 aromatic heterocycles. The van der Waals surface area contributed by atoms with Crippen molar-refractivity contribution in [1.82, 2.24) is 10.2 Å². The highest BCUT2D eigenvalue weighted by atomic mass is 16.5. The number of methoxy groups -OCH3 is 1. The first-order valence-corrected chi connectivity index (χ1v) is 9.45. The van der Waals surface area contributed by atoms with Crippen molar-refractivity contribution in [3.05, 3.63) is 29.8 Å². The summed E-state index contributed by atoms with van der Waals surface area (Å²) in [6.45, 7) is 0. The average molecular weight is 342 g/mol. The van der Waals surface area contributed by atoms with Gasteiger partial charge in [0.15, 0.2) is 0 Å². The Morgan fingerprint density at radius 1 is 1.12 bits per heavy atom. The highest BCUT2D eigenvalue weighted by molar-refractivity contribution is 6.00. The number of amides is 2. The average Bonchev–Trinajstić information content (AvgIpc) is 3.37. The lowest BCUT2D eigenvalue weighted by atomic mass is 9.84. The highest BCUT2D eigenvalue weighted by Gasteiger charge is 2.48. The maximum atomic E-state index is 13.4. The van der Waals surface area contributed by atoms with E-state index in [1.54, 1.807) is 19.2 Å². The highest BCUT2D eigenvalue weighted by Crippen LogP contribution is 2.41. The smallest absolute Gasteiger partial charge is 0.258 e. The normalized spacial score (nSPS) is 28.4. The molecule has 0 unspecified atom stereocenters. The van der Waals surface area contributed by atoms with E-state index in [1.165, 1.54) is 6.42 Å². The van der Waals surface area contributed by atoms with Gasteiger partial charge in [-0.2, -0.15) is 0 Å². The van der Waals surface area contributed by atoms with Gasteiger partial charge in [0.2, 0.25) is 5.91 Å². The van der Waals surface area contributed by atoms with Crippen molar-refractivity contribution in [2.75, 3.05) is 7.11 Å². The molecule has 2 saturated carbocycles. The first kappa shape index (κ1) is 16.4. The molecule has 1 N–H and O–H groups in total. The molecule has 1 heterocycles. The quantitative estimate of drug-likeness (QED) is 0.915. The number of rotatable bonds is 4. The number of para-hydroxylation sites is 1. The summed E-state index contributed by atoms with van der Waals surface area (Å²) in [5.74, 6) is 0.985.